The van der Waals surface area contributed by atoms with Crippen LogP contribution in [0.3, 0.4) is 0 Å². The number of urea groups is 1. The third kappa shape index (κ3) is 6.59. The number of rotatable bonds is 6. The number of hydrogen-bond acceptors (Lipinski definition) is 5. The largest absolute Gasteiger partial charge is 0.336 e. The van der Waals surface area contributed by atoms with Crippen molar-refractivity contribution < 1.29 is 4.79 Å². The lowest BCUT2D eigenvalue weighted by Crippen LogP contribution is -2.37. The summed E-state index contributed by atoms with van der Waals surface area (Å²) in [5.74, 6) is 0. The molecule has 7 heteroatoms. The Morgan fingerprint density at radius 1 is 1.00 bits per heavy atom. The predicted octanol–water partition coefficient (Wildman–Crippen LogP) is -0.182. The average Bonchev–Trinajstić information content (AvgIpc) is 2.06. The second kappa shape index (κ2) is 7.58. The third-order valence-corrected chi connectivity index (χ3v) is 0.977. The van der Waals surface area contributed by atoms with Gasteiger partial charge in [0.2, 0.25) is 0 Å². The molecular formula is C5H10N4O3. The van der Waals surface area contributed by atoms with Crippen LogP contribution in [0.1, 0.15) is 0 Å². The average molecular weight is 174 g/mol. The van der Waals surface area contributed by atoms with Gasteiger partial charge in [-0.25, -0.2) is 4.79 Å². The first-order chi connectivity index (χ1) is 5.81. The van der Waals surface area contributed by atoms with Gasteiger partial charge in [0.25, 0.3) is 0 Å². The zero-order valence-corrected chi connectivity index (χ0v) is 6.45. The van der Waals surface area contributed by atoms with Crippen LogP contribution in [-0.2, 0) is 0 Å². The molecule has 0 aromatic carbocycles. The lowest BCUT2D eigenvalue weighted by atomic mass is 10.6. The minimum absolute atomic E-state index is 0.0410. The molecule has 2 N–H and O–H groups in total. The van der Waals surface area contributed by atoms with Crippen LogP contribution in [-0.4, -0.2) is 32.2 Å². The quantitative estimate of drug-likeness (QED) is 0.431. The molecule has 0 aromatic rings. The van der Waals surface area contributed by atoms with E-state index in [0.29, 0.717) is 0 Å². The summed E-state index contributed by atoms with van der Waals surface area (Å²) in [4.78, 5) is 29.8. The maximum Gasteiger partial charge on any atom is 0.314 e. The van der Waals surface area contributed by atoms with E-state index < -0.39 is 6.03 Å². The highest BCUT2D eigenvalue weighted by molar-refractivity contribution is 5.73. The van der Waals surface area contributed by atoms with Crippen LogP contribution in [0.2, 0.25) is 0 Å². The van der Waals surface area contributed by atoms with E-state index in [4.69, 9.17) is 0 Å². The number of nitrogens with one attached hydrogen (secondary N) is 2. The molecule has 0 spiro atoms. The Morgan fingerprint density at radius 2 is 1.42 bits per heavy atom. The summed E-state index contributed by atoms with van der Waals surface area (Å²) in [5.41, 5.74) is 0. The summed E-state index contributed by atoms with van der Waals surface area (Å²) in [6.07, 6.45) is 0. The van der Waals surface area contributed by atoms with Crippen molar-refractivity contribution in [1.82, 2.24) is 10.6 Å². The maximum atomic E-state index is 10.7. The van der Waals surface area contributed by atoms with Crippen LogP contribution in [0.5, 0.6) is 0 Å². The Bertz CT molecular complexity index is 145. The Hall–Kier alpha value is -1.53. The molecule has 0 bridgehead atoms. The molecule has 2 amide bonds. The maximum absolute atomic E-state index is 10.7. The molecular weight excluding hydrogens is 164 g/mol. The minimum Gasteiger partial charge on any atom is -0.336 e. The minimum atomic E-state index is -0.428. The normalized spacial score (nSPS) is 8.67. The fourth-order valence-corrected chi connectivity index (χ4v) is 0.493. The van der Waals surface area contributed by atoms with Gasteiger partial charge in [-0.05, 0) is 0 Å². The van der Waals surface area contributed by atoms with Crippen molar-refractivity contribution in [3.63, 3.8) is 0 Å². The van der Waals surface area contributed by atoms with Gasteiger partial charge in [0.1, 0.15) is 0 Å². The Balaban J connectivity index is 3.21. The Morgan fingerprint density at radius 3 is 1.75 bits per heavy atom. The lowest BCUT2D eigenvalue weighted by molar-refractivity contribution is 0.241. The van der Waals surface area contributed by atoms with Crippen molar-refractivity contribution in [3.05, 3.63) is 9.81 Å². The molecule has 0 aliphatic heterocycles. The van der Waals surface area contributed by atoms with Gasteiger partial charge >= 0.3 is 6.03 Å². The smallest absolute Gasteiger partial charge is 0.314 e. The highest BCUT2D eigenvalue weighted by atomic mass is 16.3. The fourth-order valence-electron chi connectivity index (χ4n) is 0.493. The van der Waals surface area contributed by atoms with E-state index in [-0.39, 0.29) is 26.2 Å². The van der Waals surface area contributed by atoms with Crippen molar-refractivity contribution in [2.75, 3.05) is 26.2 Å². The van der Waals surface area contributed by atoms with Crippen molar-refractivity contribution >= 4 is 6.03 Å². The van der Waals surface area contributed by atoms with E-state index >= 15 is 0 Å². The van der Waals surface area contributed by atoms with Crippen LogP contribution < -0.4 is 10.6 Å². The van der Waals surface area contributed by atoms with Crippen LogP contribution in [0.25, 0.3) is 0 Å². The number of amides is 2. The van der Waals surface area contributed by atoms with E-state index in [1.54, 1.807) is 0 Å². The summed E-state index contributed by atoms with van der Waals surface area (Å²) in [6, 6.07) is -0.428. The third-order valence-electron chi connectivity index (χ3n) is 0.977. The zero-order chi connectivity index (χ0) is 9.23. The number of nitrogens with zero attached hydrogens (tertiary/aromatic N) is 2. The second-order valence-electron chi connectivity index (χ2n) is 1.89. The molecule has 0 aromatic heterocycles. The topological polar surface area (TPSA) is 100.0 Å². The molecule has 0 heterocycles. The van der Waals surface area contributed by atoms with Crippen molar-refractivity contribution in [3.8, 4) is 0 Å². The molecule has 0 rings (SSSR count). The SMILES string of the molecule is O=NCCNC(=O)NCCN=O. The molecule has 0 radical (unpaired) electrons. The number of nitroso groups, excluding NO2 is 2. The zero-order valence-electron chi connectivity index (χ0n) is 6.45. The molecule has 12 heavy (non-hydrogen) atoms. The molecule has 0 unspecified atom stereocenters. The standard InChI is InChI=1S/C5H10N4O3/c10-5(6-1-3-8-11)7-2-4-9-12/h1-4H2,(H2,6,7,10). The van der Waals surface area contributed by atoms with Gasteiger partial charge < -0.3 is 10.6 Å². The van der Waals surface area contributed by atoms with Crippen molar-refractivity contribution in [2.24, 2.45) is 10.4 Å². The Kier molecular flexibility index (Phi) is 6.61. The highest BCUT2D eigenvalue weighted by Crippen LogP contribution is 1.69. The van der Waals surface area contributed by atoms with Gasteiger partial charge in [0.15, 0.2) is 0 Å². The van der Waals surface area contributed by atoms with Crippen LogP contribution in [0.15, 0.2) is 10.4 Å². The summed E-state index contributed by atoms with van der Waals surface area (Å²) in [5, 5.41) is 9.80. The highest BCUT2D eigenvalue weighted by Gasteiger charge is 1.96. The summed E-state index contributed by atoms with van der Waals surface area (Å²) >= 11 is 0. The summed E-state index contributed by atoms with van der Waals surface area (Å²) in [7, 11) is 0. The molecule has 0 aliphatic carbocycles. The van der Waals surface area contributed by atoms with Gasteiger partial charge in [0.05, 0.1) is 13.1 Å². The molecule has 0 aliphatic rings. The van der Waals surface area contributed by atoms with Gasteiger partial charge in [-0.15, -0.1) is 0 Å². The monoisotopic (exact) mass is 174 g/mol. The predicted molar refractivity (Wildman–Crippen MR) is 42.7 cm³/mol. The van der Waals surface area contributed by atoms with Gasteiger partial charge in [-0.3, -0.25) is 0 Å². The second-order valence-corrected chi connectivity index (χ2v) is 1.89. The van der Waals surface area contributed by atoms with Crippen LogP contribution in [0, 0.1) is 9.81 Å². The fraction of sp³-hybridized carbons (Fsp3) is 0.800. The molecule has 0 fully saturated rings. The van der Waals surface area contributed by atoms with E-state index in [1.165, 1.54) is 0 Å². The molecule has 68 valence electrons. The van der Waals surface area contributed by atoms with E-state index in [2.05, 4.69) is 21.0 Å². The number of carbonyl (C=O) groups is 1. The number of hydrogen-bond donors (Lipinski definition) is 2. The van der Waals surface area contributed by atoms with Crippen molar-refractivity contribution in [1.29, 1.82) is 0 Å². The molecule has 0 atom stereocenters. The van der Waals surface area contributed by atoms with E-state index in [1.807, 2.05) is 0 Å². The van der Waals surface area contributed by atoms with Crippen molar-refractivity contribution in [2.45, 2.75) is 0 Å². The summed E-state index contributed by atoms with van der Waals surface area (Å²) in [6.45, 7) is 0.479. The van der Waals surface area contributed by atoms with Gasteiger partial charge in [0, 0.05) is 13.1 Å². The van der Waals surface area contributed by atoms with E-state index in [9.17, 15) is 14.6 Å². The molecule has 7 nitrogen and oxygen atoms in total. The van der Waals surface area contributed by atoms with Gasteiger partial charge in [-0.2, -0.15) is 9.81 Å². The lowest BCUT2D eigenvalue weighted by Gasteiger charge is -2.02. The van der Waals surface area contributed by atoms with Crippen LogP contribution >= 0.6 is 0 Å². The van der Waals surface area contributed by atoms with Crippen LogP contribution in [0.4, 0.5) is 4.79 Å². The first-order valence-electron chi connectivity index (χ1n) is 3.41. The summed E-state index contributed by atoms with van der Waals surface area (Å²) < 4.78 is 0. The Labute approximate surface area is 68.8 Å². The first-order valence-corrected chi connectivity index (χ1v) is 3.41. The number of carbonyl (C=O) groups excluding carboxylic acids is 1. The van der Waals surface area contributed by atoms with Gasteiger partial charge in [-0.1, -0.05) is 10.4 Å². The first kappa shape index (κ1) is 10.5. The molecule has 0 saturated heterocycles. The van der Waals surface area contributed by atoms with E-state index in [0.717, 1.165) is 0 Å². The molecule has 0 saturated carbocycles.